The van der Waals surface area contributed by atoms with E-state index in [4.69, 9.17) is 14.2 Å². The van der Waals surface area contributed by atoms with Crippen LogP contribution in [0, 0.1) is 34.0 Å². The molecule has 2 spiro atoms. The van der Waals surface area contributed by atoms with Gasteiger partial charge in [-0.1, -0.05) is 20.4 Å². The predicted octanol–water partition coefficient (Wildman–Crippen LogP) is 2.41. The van der Waals surface area contributed by atoms with Crippen LogP contribution in [0.25, 0.3) is 0 Å². The molecule has 4 aliphatic carbocycles. The van der Waals surface area contributed by atoms with Crippen LogP contribution in [0.4, 0.5) is 0 Å². The molecule has 7 heteroatoms. The van der Waals surface area contributed by atoms with Crippen molar-refractivity contribution >= 4 is 23.5 Å². The number of esters is 2. The van der Waals surface area contributed by atoms with Crippen molar-refractivity contribution in [2.45, 2.75) is 71.7 Å². The van der Waals surface area contributed by atoms with Crippen molar-refractivity contribution in [3.63, 3.8) is 0 Å². The van der Waals surface area contributed by atoms with Gasteiger partial charge in [0.15, 0.2) is 11.9 Å². The number of Topliss-reactive ketones (excluding diaryl/α,β-unsaturated/α-hetero) is 2. The van der Waals surface area contributed by atoms with Crippen LogP contribution >= 0.6 is 0 Å². The summed E-state index contributed by atoms with van der Waals surface area (Å²) in [6.07, 6.45) is 0.0231. The molecule has 2 saturated heterocycles. The second kappa shape index (κ2) is 6.27. The topological polar surface area (TPSA) is 96.0 Å². The molecule has 0 unspecified atom stereocenters. The molecule has 31 heavy (non-hydrogen) atoms. The summed E-state index contributed by atoms with van der Waals surface area (Å²) in [6, 6.07) is 0. The van der Waals surface area contributed by atoms with Gasteiger partial charge in [0.05, 0.1) is 23.5 Å². The highest BCUT2D eigenvalue weighted by Crippen LogP contribution is 2.72. The molecule has 8 atom stereocenters. The Morgan fingerprint density at radius 1 is 1.06 bits per heavy atom. The minimum Gasteiger partial charge on any atom is -0.457 e. The van der Waals surface area contributed by atoms with Crippen molar-refractivity contribution in [3.8, 4) is 0 Å². The molecule has 0 aromatic heterocycles. The molecular weight excluding hydrogens is 400 g/mol. The summed E-state index contributed by atoms with van der Waals surface area (Å²) in [5.41, 5.74) is -1.84. The lowest BCUT2D eigenvalue weighted by molar-refractivity contribution is -0.277. The number of hydrogen-bond donors (Lipinski definition) is 0. The molecule has 0 aromatic rings. The molecule has 0 amide bonds. The summed E-state index contributed by atoms with van der Waals surface area (Å²) >= 11 is 0. The van der Waals surface area contributed by atoms with Crippen LogP contribution < -0.4 is 0 Å². The number of hydrogen-bond acceptors (Lipinski definition) is 7. The van der Waals surface area contributed by atoms with Gasteiger partial charge in [-0.05, 0) is 42.1 Å². The van der Waals surface area contributed by atoms with E-state index < -0.39 is 46.3 Å². The summed E-state index contributed by atoms with van der Waals surface area (Å²) in [6.45, 7) is 11.0. The highest BCUT2D eigenvalue weighted by atomic mass is 16.6. The van der Waals surface area contributed by atoms with Gasteiger partial charge in [-0.2, -0.15) is 0 Å². The first-order valence-corrected chi connectivity index (χ1v) is 11.2. The summed E-state index contributed by atoms with van der Waals surface area (Å²) in [7, 11) is 0. The molecule has 4 saturated carbocycles. The number of fused-ring (bicyclic) bond motifs is 3. The zero-order valence-electron chi connectivity index (χ0n) is 18.6. The van der Waals surface area contributed by atoms with E-state index in [1.807, 2.05) is 13.8 Å². The Morgan fingerprint density at radius 3 is 2.35 bits per heavy atom. The molecule has 6 fully saturated rings. The second-order valence-corrected chi connectivity index (χ2v) is 10.8. The van der Waals surface area contributed by atoms with Gasteiger partial charge in [-0.15, -0.1) is 0 Å². The lowest BCUT2D eigenvalue weighted by Crippen LogP contribution is -2.77. The van der Waals surface area contributed by atoms with Crippen LogP contribution in [0.2, 0.25) is 0 Å². The van der Waals surface area contributed by atoms with E-state index in [0.29, 0.717) is 19.3 Å². The van der Waals surface area contributed by atoms with Crippen LogP contribution in [-0.2, 0) is 33.4 Å². The van der Waals surface area contributed by atoms with Crippen LogP contribution in [0.3, 0.4) is 0 Å². The molecule has 4 bridgehead atoms. The normalized spacial score (nSPS) is 46.9. The molecular formula is C24H30O7. The van der Waals surface area contributed by atoms with Crippen LogP contribution in [0.5, 0.6) is 0 Å². The number of ketones is 2. The minimum absolute atomic E-state index is 0.0411. The van der Waals surface area contributed by atoms with Gasteiger partial charge in [0.1, 0.15) is 11.9 Å². The lowest BCUT2D eigenvalue weighted by Gasteiger charge is -2.68. The fourth-order valence-corrected chi connectivity index (χ4v) is 8.12. The first kappa shape index (κ1) is 20.9. The third-order valence-corrected chi connectivity index (χ3v) is 9.16. The average molecular weight is 430 g/mol. The first-order chi connectivity index (χ1) is 14.5. The third kappa shape index (κ3) is 2.33. The highest BCUT2D eigenvalue weighted by Gasteiger charge is 2.80. The van der Waals surface area contributed by atoms with E-state index in [2.05, 4.69) is 6.58 Å². The van der Waals surface area contributed by atoms with E-state index in [0.717, 1.165) is 12.0 Å². The Kier molecular flexibility index (Phi) is 4.22. The molecule has 6 rings (SSSR count). The number of carbonyl (C=O) groups is 4. The van der Waals surface area contributed by atoms with E-state index in [-0.39, 0.29) is 36.1 Å². The van der Waals surface area contributed by atoms with Crippen molar-refractivity contribution in [1.82, 2.24) is 0 Å². The number of ether oxygens (including phenoxy) is 3. The van der Waals surface area contributed by atoms with Crippen molar-refractivity contribution < 1.29 is 33.4 Å². The second-order valence-electron chi connectivity index (χ2n) is 10.8. The van der Waals surface area contributed by atoms with Crippen molar-refractivity contribution in [1.29, 1.82) is 0 Å². The largest absolute Gasteiger partial charge is 0.457 e. The summed E-state index contributed by atoms with van der Waals surface area (Å²) in [4.78, 5) is 52.1. The molecule has 2 heterocycles. The van der Waals surface area contributed by atoms with Crippen LogP contribution in [-0.4, -0.2) is 48.4 Å². The monoisotopic (exact) mass is 430 g/mol. The molecule has 0 N–H and O–H groups in total. The molecule has 7 nitrogen and oxygen atoms in total. The number of carbonyl (C=O) groups excluding carboxylic acids is 4. The quantitative estimate of drug-likeness (QED) is 0.490. The third-order valence-electron chi connectivity index (χ3n) is 9.16. The van der Waals surface area contributed by atoms with Gasteiger partial charge in [0, 0.05) is 26.2 Å². The molecule has 0 radical (unpaired) electrons. The maximum Gasteiger partial charge on any atom is 0.303 e. The SMILES string of the molecule is C=C1[C@H]2CC[C@H]3[C@@](C2)(C(=O)[C@H](OC(C)=O)[C@H]2C(C)(C)[C@@H]4CC(=O)[C@]32CO4)[C@H]1OC(C)=O. The zero-order valence-corrected chi connectivity index (χ0v) is 18.6. The Labute approximate surface area is 181 Å². The van der Waals surface area contributed by atoms with Gasteiger partial charge >= 0.3 is 11.9 Å². The van der Waals surface area contributed by atoms with Gasteiger partial charge < -0.3 is 14.2 Å². The summed E-state index contributed by atoms with van der Waals surface area (Å²) in [5, 5.41) is 0. The van der Waals surface area contributed by atoms with E-state index in [1.54, 1.807) is 0 Å². The lowest BCUT2D eigenvalue weighted by atomic mass is 9.37. The maximum absolute atomic E-state index is 14.3. The first-order valence-electron chi connectivity index (χ1n) is 11.2. The van der Waals surface area contributed by atoms with E-state index >= 15 is 0 Å². The highest BCUT2D eigenvalue weighted by molar-refractivity contribution is 5.99. The van der Waals surface area contributed by atoms with Gasteiger partial charge in [-0.25, -0.2) is 0 Å². The molecule has 0 aromatic carbocycles. The zero-order chi connectivity index (χ0) is 22.5. The Morgan fingerprint density at radius 2 is 1.74 bits per heavy atom. The maximum atomic E-state index is 14.3. The smallest absolute Gasteiger partial charge is 0.303 e. The fraction of sp³-hybridized carbons (Fsp3) is 0.750. The fourth-order valence-electron chi connectivity index (χ4n) is 8.12. The minimum atomic E-state index is -1.11. The Balaban J connectivity index is 1.76. The Bertz CT molecular complexity index is 919. The summed E-state index contributed by atoms with van der Waals surface area (Å²) < 4.78 is 17.7. The van der Waals surface area contributed by atoms with Gasteiger partial charge in [-0.3, -0.25) is 19.2 Å². The molecule has 6 aliphatic rings. The molecule has 168 valence electrons. The predicted molar refractivity (Wildman–Crippen MR) is 108 cm³/mol. The van der Waals surface area contributed by atoms with E-state index in [9.17, 15) is 19.2 Å². The van der Waals surface area contributed by atoms with Crippen LogP contribution in [0.1, 0.15) is 53.4 Å². The summed E-state index contributed by atoms with van der Waals surface area (Å²) in [5.74, 6) is -1.93. The number of rotatable bonds is 2. The van der Waals surface area contributed by atoms with Gasteiger partial charge in [0.25, 0.3) is 0 Å². The standard InChI is InChI=1S/C24H30O7/c1-11-14-6-7-15-23(9-14,21(11)31-13(3)26)20(28)18(30-12(2)25)19-22(4,5)17-8-16(27)24(15,19)10-29-17/h14-15,17-19,21H,1,6-10H2,2-5H3/t14-,15-,17-,18+,19-,21-,23-,24-/m0/s1. The Hall–Kier alpha value is -2.02. The molecule has 2 aliphatic heterocycles. The van der Waals surface area contributed by atoms with Crippen molar-refractivity contribution in [2.24, 2.45) is 34.0 Å². The van der Waals surface area contributed by atoms with E-state index in [1.165, 1.54) is 13.8 Å². The van der Waals surface area contributed by atoms with Crippen molar-refractivity contribution in [2.75, 3.05) is 6.61 Å². The van der Waals surface area contributed by atoms with Crippen LogP contribution in [0.15, 0.2) is 12.2 Å². The van der Waals surface area contributed by atoms with Gasteiger partial charge in [0.2, 0.25) is 0 Å². The van der Waals surface area contributed by atoms with Crippen molar-refractivity contribution in [3.05, 3.63) is 12.2 Å². The average Bonchev–Trinajstić information content (AvgIpc) is 2.88.